The third-order valence-electron chi connectivity index (χ3n) is 3.02. The number of methoxy groups -OCH3 is 1. The van der Waals surface area contributed by atoms with E-state index >= 15 is 0 Å². The largest absolute Gasteiger partial charge is 0.497 e. The first kappa shape index (κ1) is 15.1. The second-order valence-electron chi connectivity index (χ2n) is 4.72. The first-order valence-electron chi connectivity index (χ1n) is 6.44. The summed E-state index contributed by atoms with van der Waals surface area (Å²) in [6.45, 7) is 0. The summed E-state index contributed by atoms with van der Waals surface area (Å²) in [6.07, 6.45) is 0. The van der Waals surface area contributed by atoms with Crippen molar-refractivity contribution in [1.82, 2.24) is 0 Å². The van der Waals surface area contributed by atoms with Gasteiger partial charge in [0.1, 0.15) is 22.2 Å². The van der Waals surface area contributed by atoms with Crippen molar-refractivity contribution >= 4 is 22.9 Å². The molecule has 0 amide bonds. The number of ether oxygens (including phenoxy) is 2. The minimum atomic E-state index is 0.288. The van der Waals surface area contributed by atoms with E-state index in [4.69, 9.17) is 27.4 Å². The van der Waals surface area contributed by atoms with E-state index in [0.29, 0.717) is 22.8 Å². The molecule has 21 heavy (non-hydrogen) atoms. The lowest BCUT2D eigenvalue weighted by Gasteiger charge is -2.15. The van der Waals surface area contributed by atoms with Crippen LogP contribution in [0.15, 0.2) is 42.5 Å². The van der Waals surface area contributed by atoms with Crippen LogP contribution in [0, 0.1) is 0 Å². The zero-order valence-electron chi connectivity index (χ0n) is 12.3. The predicted octanol–water partition coefficient (Wildman–Crippen LogP) is 3.19. The summed E-state index contributed by atoms with van der Waals surface area (Å²) in [5.41, 5.74) is 7.47. The minimum absolute atomic E-state index is 0.288. The molecular weight excluding hydrogens is 284 g/mol. The van der Waals surface area contributed by atoms with Crippen LogP contribution in [0.3, 0.4) is 0 Å². The second-order valence-corrected chi connectivity index (χ2v) is 5.16. The van der Waals surface area contributed by atoms with E-state index < -0.39 is 0 Å². The number of thiocarbonyl (C=S) groups is 1. The van der Waals surface area contributed by atoms with Gasteiger partial charge in [0.25, 0.3) is 0 Å². The van der Waals surface area contributed by atoms with Gasteiger partial charge in [-0.05, 0) is 24.3 Å². The van der Waals surface area contributed by atoms with Crippen LogP contribution in [0.1, 0.15) is 5.56 Å². The molecule has 0 saturated carbocycles. The van der Waals surface area contributed by atoms with Gasteiger partial charge in [-0.15, -0.1) is 0 Å². The lowest BCUT2D eigenvalue weighted by molar-refractivity contribution is 0.409. The van der Waals surface area contributed by atoms with E-state index in [1.807, 2.05) is 43.3 Å². The Kier molecular flexibility index (Phi) is 4.65. The van der Waals surface area contributed by atoms with E-state index in [1.54, 1.807) is 25.3 Å². The quantitative estimate of drug-likeness (QED) is 0.860. The third kappa shape index (κ3) is 3.64. The lowest BCUT2D eigenvalue weighted by Crippen LogP contribution is -2.11. The van der Waals surface area contributed by atoms with Crippen LogP contribution in [0.2, 0.25) is 0 Å². The monoisotopic (exact) mass is 302 g/mol. The van der Waals surface area contributed by atoms with Crippen LogP contribution in [-0.2, 0) is 0 Å². The Labute approximate surface area is 130 Å². The van der Waals surface area contributed by atoms with Crippen molar-refractivity contribution in [2.75, 3.05) is 26.1 Å². The van der Waals surface area contributed by atoms with E-state index in [0.717, 1.165) is 5.69 Å². The number of nitrogens with zero attached hydrogens (tertiary/aromatic N) is 1. The average molecular weight is 302 g/mol. The molecule has 5 heteroatoms. The highest BCUT2D eigenvalue weighted by Gasteiger charge is 2.10. The number of rotatable bonds is 5. The molecule has 0 aliphatic carbocycles. The molecule has 2 aromatic carbocycles. The first-order valence-corrected chi connectivity index (χ1v) is 6.85. The van der Waals surface area contributed by atoms with Crippen LogP contribution in [0.25, 0.3) is 0 Å². The summed E-state index contributed by atoms with van der Waals surface area (Å²) in [6, 6.07) is 13.2. The summed E-state index contributed by atoms with van der Waals surface area (Å²) in [5, 5.41) is 0. The van der Waals surface area contributed by atoms with E-state index in [9.17, 15) is 0 Å². The molecule has 2 aromatic rings. The molecule has 0 atom stereocenters. The standard InChI is InChI=1S/C16H18N2O2S/c1-18(2)11-5-4-6-13(9-11)20-15-10-12(19-3)7-8-14(15)16(17)21/h4-10H,1-3H3,(H2,17,21). The molecule has 0 saturated heterocycles. The number of anilines is 1. The SMILES string of the molecule is COc1ccc(C(N)=S)c(Oc2cccc(N(C)C)c2)c1. The molecule has 0 spiro atoms. The molecule has 0 heterocycles. The maximum atomic E-state index is 5.93. The van der Waals surface area contributed by atoms with Crippen molar-refractivity contribution < 1.29 is 9.47 Å². The van der Waals surface area contributed by atoms with Gasteiger partial charge < -0.3 is 20.1 Å². The maximum Gasteiger partial charge on any atom is 0.141 e. The van der Waals surface area contributed by atoms with Gasteiger partial charge in [0.15, 0.2) is 0 Å². The summed E-state index contributed by atoms with van der Waals surface area (Å²) >= 11 is 5.06. The van der Waals surface area contributed by atoms with Gasteiger partial charge in [0.2, 0.25) is 0 Å². The van der Waals surface area contributed by atoms with Crippen molar-refractivity contribution in [2.45, 2.75) is 0 Å². The molecule has 0 aliphatic heterocycles. The van der Waals surface area contributed by atoms with Gasteiger partial charge >= 0.3 is 0 Å². The van der Waals surface area contributed by atoms with Crippen molar-refractivity contribution in [1.29, 1.82) is 0 Å². The van der Waals surface area contributed by atoms with Crippen LogP contribution in [-0.4, -0.2) is 26.2 Å². The molecule has 0 fully saturated rings. The van der Waals surface area contributed by atoms with Crippen LogP contribution in [0.5, 0.6) is 17.2 Å². The lowest BCUT2D eigenvalue weighted by atomic mass is 10.2. The first-order chi connectivity index (χ1) is 10.0. The normalized spacial score (nSPS) is 10.0. The second kappa shape index (κ2) is 6.45. The van der Waals surface area contributed by atoms with Crippen molar-refractivity contribution in [3.8, 4) is 17.2 Å². The van der Waals surface area contributed by atoms with E-state index in [-0.39, 0.29) is 4.99 Å². The average Bonchev–Trinajstić information content (AvgIpc) is 2.47. The Morgan fingerprint density at radius 1 is 1.10 bits per heavy atom. The minimum Gasteiger partial charge on any atom is -0.497 e. The van der Waals surface area contributed by atoms with E-state index in [1.165, 1.54) is 0 Å². The van der Waals surface area contributed by atoms with Crippen molar-refractivity contribution in [2.24, 2.45) is 5.73 Å². The number of hydrogen-bond donors (Lipinski definition) is 1. The zero-order chi connectivity index (χ0) is 15.4. The van der Waals surface area contributed by atoms with Crippen molar-refractivity contribution in [3.63, 3.8) is 0 Å². The van der Waals surface area contributed by atoms with E-state index in [2.05, 4.69) is 0 Å². The Morgan fingerprint density at radius 3 is 2.48 bits per heavy atom. The Balaban J connectivity index is 2.38. The van der Waals surface area contributed by atoms with Gasteiger partial charge in [-0.25, -0.2) is 0 Å². The molecule has 2 N–H and O–H groups in total. The Bertz CT molecular complexity index is 656. The highest BCUT2D eigenvalue weighted by molar-refractivity contribution is 7.80. The number of benzene rings is 2. The summed E-state index contributed by atoms with van der Waals surface area (Å²) in [7, 11) is 5.56. The smallest absolute Gasteiger partial charge is 0.141 e. The summed E-state index contributed by atoms with van der Waals surface area (Å²) in [5.74, 6) is 1.98. The van der Waals surface area contributed by atoms with Gasteiger partial charge in [0.05, 0.1) is 12.7 Å². The fourth-order valence-corrected chi connectivity index (χ4v) is 2.04. The highest BCUT2D eigenvalue weighted by atomic mass is 32.1. The predicted molar refractivity (Wildman–Crippen MR) is 89.7 cm³/mol. The van der Waals surface area contributed by atoms with Crippen LogP contribution in [0.4, 0.5) is 5.69 Å². The fraction of sp³-hybridized carbons (Fsp3) is 0.188. The molecule has 0 aromatic heterocycles. The Hall–Kier alpha value is -2.27. The van der Waals surface area contributed by atoms with Crippen LogP contribution >= 0.6 is 12.2 Å². The molecule has 0 aliphatic rings. The molecule has 0 bridgehead atoms. The fourth-order valence-electron chi connectivity index (χ4n) is 1.87. The zero-order valence-corrected chi connectivity index (χ0v) is 13.1. The third-order valence-corrected chi connectivity index (χ3v) is 3.24. The van der Waals surface area contributed by atoms with Crippen molar-refractivity contribution in [3.05, 3.63) is 48.0 Å². The number of nitrogens with two attached hydrogens (primary N) is 1. The molecule has 110 valence electrons. The molecule has 0 radical (unpaired) electrons. The van der Waals surface area contributed by atoms with Gasteiger partial charge in [-0.2, -0.15) is 0 Å². The highest BCUT2D eigenvalue weighted by Crippen LogP contribution is 2.31. The van der Waals surface area contributed by atoms with Gasteiger partial charge in [-0.1, -0.05) is 18.3 Å². The molecule has 0 unspecified atom stereocenters. The van der Waals surface area contributed by atoms with Gasteiger partial charge in [0, 0.05) is 31.9 Å². The molecular formula is C16H18N2O2S. The summed E-state index contributed by atoms with van der Waals surface area (Å²) in [4.78, 5) is 2.30. The topological polar surface area (TPSA) is 47.7 Å². The maximum absolute atomic E-state index is 5.93. The molecule has 4 nitrogen and oxygen atoms in total. The van der Waals surface area contributed by atoms with Gasteiger partial charge in [-0.3, -0.25) is 0 Å². The summed E-state index contributed by atoms with van der Waals surface area (Å²) < 4.78 is 11.1. The van der Waals surface area contributed by atoms with Crippen LogP contribution < -0.4 is 20.1 Å². The molecule has 2 rings (SSSR count). The Morgan fingerprint density at radius 2 is 1.86 bits per heavy atom. The number of hydrogen-bond acceptors (Lipinski definition) is 4.